The lowest BCUT2D eigenvalue weighted by Gasteiger charge is -2.22. The van der Waals surface area contributed by atoms with Crippen molar-refractivity contribution in [2.24, 2.45) is 4.99 Å². The maximum atomic E-state index is 5.83. The molecular weight excluding hydrogens is 369 g/mol. The van der Waals surface area contributed by atoms with Gasteiger partial charge in [-0.1, -0.05) is 13.3 Å². The van der Waals surface area contributed by atoms with Gasteiger partial charge in [0.15, 0.2) is 5.96 Å². The molecule has 6 heteroatoms. The van der Waals surface area contributed by atoms with Crippen LogP contribution in [0.2, 0.25) is 0 Å². The molecule has 0 saturated carbocycles. The molecule has 2 saturated heterocycles. The number of hydrogen-bond acceptors (Lipinski definition) is 3. The van der Waals surface area contributed by atoms with Crippen LogP contribution in [0.5, 0.6) is 0 Å². The third-order valence-corrected chi connectivity index (χ3v) is 3.83. The summed E-state index contributed by atoms with van der Waals surface area (Å²) in [5, 5.41) is 6.75. The van der Waals surface area contributed by atoms with Crippen molar-refractivity contribution in [2.75, 3.05) is 26.8 Å². The van der Waals surface area contributed by atoms with Crippen molar-refractivity contribution in [2.45, 2.75) is 57.3 Å². The minimum Gasteiger partial charge on any atom is -0.380 e. The first-order valence-electron chi connectivity index (χ1n) is 7.54. The second-order valence-electron chi connectivity index (χ2n) is 5.33. The summed E-state index contributed by atoms with van der Waals surface area (Å²) >= 11 is 0. The number of aliphatic imine (C=N–C) groups is 1. The topological polar surface area (TPSA) is 54.9 Å². The molecule has 118 valence electrons. The van der Waals surface area contributed by atoms with E-state index in [1.807, 2.05) is 0 Å². The van der Waals surface area contributed by atoms with Gasteiger partial charge in [-0.15, -0.1) is 24.0 Å². The fourth-order valence-corrected chi connectivity index (χ4v) is 2.75. The van der Waals surface area contributed by atoms with Crippen molar-refractivity contribution >= 4 is 29.9 Å². The van der Waals surface area contributed by atoms with Gasteiger partial charge in [0.1, 0.15) is 0 Å². The highest BCUT2D eigenvalue weighted by Gasteiger charge is 2.40. The zero-order valence-electron chi connectivity index (χ0n) is 12.6. The highest BCUT2D eigenvalue weighted by Crippen LogP contribution is 2.34. The highest BCUT2D eigenvalue weighted by molar-refractivity contribution is 14.0. The highest BCUT2D eigenvalue weighted by atomic mass is 127. The summed E-state index contributed by atoms with van der Waals surface area (Å²) in [6.45, 7) is 4.55. The normalized spacial score (nSPS) is 28.3. The van der Waals surface area contributed by atoms with Crippen LogP contribution in [-0.4, -0.2) is 51.0 Å². The molecule has 20 heavy (non-hydrogen) atoms. The largest absolute Gasteiger partial charge is 0.380 e. The number of unbranched alkanes of at least 4 members (excludes halogenated alkanes) is 1. The van der Waals surface area contributed by atoms with Crippen LogP contribution < -0.4 is 10.6 Å². The summed E-state index contributed by atoms with van der Waals surface area (Å²) in [5.74, 6) is 0.861. The van der Waals surface area contributed by atoms with E-state index in [9.17, 15) is 0 Å². The van der Waals surface area contributed by atoms with E-state index in [0.717, 1.165) is 38.6 Å². The number of nitrogens with zero attached hydrogens (tertiary/aromatic N) is 1. The Kier molecular flexibility index (Phi) is 8.79. The van der Waals surface area contributed by atoms with E-state index in [1.54, 1.807) is 7.05 Å². The van der Waals surface area contributed by atoms with Gasteiger partial charge < -0.3 is 20.1 Å². The molecule has 2 aliphatic rings. The van der Waals surface area contributed by atoms with Crippen LogP contribution in [0.15, 0.2) is 4.99 Å². The molecule has 0 aromatic heterocycles. The van der Waals surface area contributed by atoms with Gasteiger partial charge in [0.05, 0.1) is 24.9 Å². The van der Waals surface area contributed by atoms with Gasteiger partial charge in [-0.2, -0.15) is 0 Å². The Morgan fingerprint density at radius 1 is 1.35 bits per heavy atom. The van der Waals surface area contributed by atoms with Gasteiger partial charge in [0.25, 0.3) is 0 Å². The molecule has 3 unspecified atom stereocenters. The number of ether oxygens (including phenoxy) is 2. The number of hydrogen-bond donors (Lipinski definition) is 2. The average Bonchev–Trinajstić information content (AvgIpc) is 3.03. The molecule has 0 radical (unpaired) electrons. The van der Waals surface area contributed by atoms with Gasteiger partial charge in [0, 0.05) is 20.2 Å². The molecule has 0 aromatic rings. The second kappa shape index (κ2) is 9.78. The van der Waals surface area contributed by atoms with Crippen molar-refractivity contribution < 1.29 is 9.47 Å². The number of rotatable bonds is 7. The van der Waals surface area contributed by atoms with Crippen LogP contribution in [0.1, 0.15) is 39.0 Å². The Balaban J connectivity index is 0.00000200. The van der Waals surface area contributed by atoms with Crippen molar-refractivity contribution in [3.05, 3.63) is 0 Å². The third-order valence-electron chi connectivity index (χ3n) is 3.83. The summed E-state index contributed by atoms with van der Waals surface area (Å²) in [5.41, 5.74) is 0. The van der Waals surface area contributed by atoms with E-state index in [1.165, 1.54) is 19.3 Å². The number of nitrogens with one attached hydrogen (secondary N) is 2. The van der Waals surface area contributed by atoms with E-state index >= 15 is 0 Å². The first-order valence-corrected chi connectivity index (χ1v) is 7.54. The Bertz CT molecular complexity index is 302. The molecule has 3 atom stereocenters. The van der Waals surface area contributed by atoms with E-state index in [0.29, 0.717) is 18.2 Å². The monoisotopic (exact) mass is 397 g/mol. The minimum atomic E-state index is 0. The number of halogens is 1. The van der Waals surface area contributed by atoms with Crippen LogP contribution in [0.3, 0.4) is 0 Å². The van der Waals surface area contributed by atoms with E-state index in [2.05, 4.69) is 22.5 Å². The van der Waals surface area contributed by atoms with Gasteiger partial charge >= 0.3 is 0 Å². The Labute approximate surface area is 139 Å². The zero-order valence-corrected chi connectivity index (χ0v) is 14.9. The maximum absolute atomic E-state index is 5.83. The lowest BCUT2D eigenvalue weighted by Crippen LogP contribution is -2.48. The van der Waals surface area contributed by atoms with Gasteiger partial charge in [-0.25, -0.2) is 0 Å². The van der Waals surface area contributed by atoms with Crippen LogP contribution in [0.25, 0.3) is 0 Å². The quantitative estimate of drug-likeness (QED) is 0.298. The van der Waals surface area contributed by atoms with Crippen LogP contribution in [-0.2, 0) is 9.47 Å². The summed E-state index contributed by atoms with van der Waals surface area (Å²) in [7, 11) is 1.81. The molecule has 0 aromatic carbocycles. The molecular formula is C14H28IN3O2. The van der Waals surface area contributed by atoms with Crippen molar-refractivity contribution in [3.8, 4) is 0 Å². The standard InChI is InChI=1S/C14H27N3O2.HI/c1-3-4-8-18-9-7-16-14(15-2)17-12-10-11-5-6-13(12)19-11;/h11-13H,3-10H2,1-2H3,(H2,15,16,17);1H. The Hall–Kier alpha value is -0.0800. The van der Waals surface area contributed by atoms with E-state index in [-0.39, 0.29) is 24.0 Å². The zero-order chi connectivity index (χ0) is 13.5. The molecule has 2 heterocycles. The van der Waals surface area contributed by atoms with Crippen LogP contribution in [0.4, 0.5) is 0 Å². The predicted molar refractivity (Wildman–Crippen MR) is 91.9 cm³/mol. The van der Waals surface area contributed by atoms with Crippen molar-refractivity contribution in [1.82, 2.24) is 10.6 Å². The van der Waals surface area contributed by atoms with Crippen LogP contribution in [0, 0.1) is 0 Å². The van der Waals surface area contributed by atoms with Crippen LogP contribution >= 0.6 is 24.0 Å². The first kappa shape index (κ1) is 18.0. The number of fused-ring (bicyclic) bond motifs is 2. The third kappa shape index (κ3) is 5.37. The van der Waals surface area contributed by atoms with Crippen molar-refractivity contribution in [1.29, 1.82) is 0 Å². The molecule has 0 amide bonds. The molecule has 2 fully saturated rings. The average molecular weight is 397 g/mol. The SMILES string of the molecule is CCCCOCCNC(=NC)NC1CC2CCC1O2.I. The van der Waals surface area contributed by atoms with E-state index < -0.39 is 0 Å². The number of guanidine groups is 1. The molecule has 0 aliphatic carbocycles. The smallest absolute Gasteiger partial charge is 0.191 e. The fraction of sp³-hybridized carbons (Fsp3) is 0.929. The molecule has 0 spiro atoms. The van der Waals surface area contributed by atoms with Crippen molar-refractivity contribution in [3.63, 3.8) is 0 Å². The summed E-state index contributed by atoms with van der Waals surface area (Å²) in [4.78, 5) is 4.25. The van der Waals surface area contributed by atoms with Gasteiger partial charge in [-0.05, 0) is 25.7 Å². The lowest BCUT2D eigenvalue weighted by molar-refractivity contribution is 0.0991. The molecule has 2 aliphatic heterocycles. The summed E-state index contributed by atoms with van der Waals surface area (Å²) < 4.78 is 11.3. The van der Waals surface area contributed by atoms with E-state index in [4.69, 9.17) is 9.47 Å². The summed E-state index contributed by atoms with van der Waals surface area (Å²) in [6.07, 6.45) is 6.68. The molecule has 5 nitrogen and oxygen atoms in total. The van der Waals surface area contributed by atoms with Gasteiger partial charge in [-0.3, -0.25) is 4.99 Å². The summed E-state index contributed by atoms with van der Waals surface area (Å²) in [6, 6.07) is 0.422. The van der Waals surface area contributed by atoms with Gasteiger partial charge in [0.2, 0.25) is 0 Å². The second-order valence-corrected chi connectivity index (χ2v) is 5.33. The fourth-order valence-electron chi connectivity index (χ4n) is 2.75. The molecule has 2 N–H and O–H groups in total. The molecule has 2 bridgehead atoms. The maximum Gasteiger partial charge on any atom is 0.191 e. The predicted octanol–water partition coefficient (Wildman–Crippen LogP) is 1.91. The minimum absolute atomic E-state index is 0. The Morgan fingerprint density at radius 3 is 2.80 bits per heavy atom. The molecule has 2 rings (SSSR count). The Morgan fingerprint density at radius 2 is 2.20 bits per heavy atom. The lowest BCUT2D eigenvalue weighted by atomic mass is 9.96. The first-order chi connectivity index (χ1) is 9.33.